The third-order valence-corrected chi connectivity index (χ3v) is 4.98. The maximum absolute atomic E-state index is 13.6. The van der Waals surface area contributed by atoms with Gasteiger partial charge < -0.3 is 5.32 Å². The Balaban J connectivity index is 1.81. The molecule has 1 aliphatic carbocycles. The molecule has 1 aromatic carbocycles. The molecule has 1 N–H and O–H groups in total. The van der Waals surface area contributed by atoms with Gasteiger partial charge in [0.05, 0.1) is 0 Å². The highest BCUT2D eigenvalue weighted by atomic mass is 35.5. The first-order chi connectivity index (χ1) is 8.69. The molecule has 0 heterocycles. The van der Waals surface area contributed by atoms with Crippen molar-refractivity contribution >= 4 is 23.4 Å². The number of nitrogens with one attached hydrogen (secondary N) is 1. The molecular formula is C14H19ClFNS. The van der Waals surface area contributed by atoms with Crippen molar-refractivity contribution in [2.75, 3.05) is 6.26 Å². The summed E-state index contributed by atoms with van der Waals surface area (Å²) in [6.07, 6.45) is 7.10. The third kappa shape index (κ3) is 3.87. The molecule has 0 aliphatic heterocycles. The van der Waals surface area contributed by atoms with Gasteiger partial charge in [0.1, 0.15) is 5.82 Å². The van der Waals surface area contributed by atoms with Gasteiger partial charge in [-0.25, -0.2) is 4.39 Å². The van der Waals surface area contributed by atoms with Crippen LogP contribution >= 0.6 is 23.4 Å². The molecule has 0 spiro atoms. The lowest BCUT2D eigenvalue weighted by Crippen LogP contribution is -2.33. The Labute approximate surface area is 117 Å². The predicted molar refractivity (Wildman–Crippen MR) is 77.8 cm³/mol. The van der Waals surface area contributed by atoms with E-state index in [-0.39, 0.29) is 5.82 Å². The van der Waals surface area contributed by atoms with Gasteiger partial charge in [0, 0.05) is 28.4 Å². The van der Waals surface area contributed by atoms with Crippen LogP contribution in [0.2, 0.25) is 5.02 Å². The molecule has 0 amide bonds. The van der Waals surface area contributed by atoms with Gasteiger partial charge in [0.15, 0.2) is 0 Å². The van der Waals surface area contributed by atoms with Crippen LogP contribution in [0.25, 0.3) is 0 Å². The van der Waals surface area contributed by atoms with E-state index in [1.165, 1.54) is 31.7 Å². The Morgan fingerprint density at radius 3 is 2.67 bits per heavy atom. The highest BCUT2D eigenvalue weighted by Crippen LogP contribution is 2.27. The fraction of sp³-hybridized carbons (Fsp3) is 0.571. The molecule has 0 saturated heterocycles. The first kappa shape index (κ1) is 14.2. The molecule has 1 aliphatic rings. The topological polar surface area (TPSA) is 12.0 Å². The third-order valence-electron chi connectivity index (χ3n) is 3.60. The molecule has 2 rings (SSSR count). The van der Waals surface area contributed by atoms with Crippen LogP contribution in [0.3, 0.4) is 0 Å². The predicted octanol–water partition coefficient (Wildman–Crippen LogP) is 4.24. The van der Waals surface area contributed by atoms with Crippen molar-refractivity contribution in [1.29, 1.82) is 0 Å². The van der Waals surface area contributed by atoms with Gasteiger partial charge in [-0.05, 0) is 44.1 Å². The van der Waals surface area contributed by atoms with Crippen molar-refractivity contribution in [2.45, 2.75) is 43.5 Å². The number of rotatable bonds is 4. The van der Waals surface area contributed by atoms with Crippen molar-refractivity contribution in [3.8, 4) is 0 Å². The van der Waals surface area contributed by atoms with Gasteiger partial charge in [-0.3, -0.25) is 0 Å². The second kappa shape index (κ2) is 6.78. The zero-order chi connectivity index (χ0) is 13.0. The largest absolute Gasteiger partial charge is 0.310 e. The van der Waals surface area contributed by atoms with Crippen LogP contribution in [0.15, 0.2) is 18.2 Å². The Morgan fingerprint density at radius 1 is 1.33 bits per heavy atom. The van der Waals surface area contributed by atoms with Gasteiger partial charge in [0.2, 0.25) is 0 Å². The van der Waals surface area contributed by atoms with Crippen LogP contribution < -0.4 is 5.32 Å². The number of hydrogen-bond donors (Lipinski definition) is 1. The van der Waals surface area contributed by atoms with Gasteiger partial charge in [-0.1, -0.05) is 17.7 Å². The molecule has 18 heavy (non-hydrogen) atoms. The van der Waals surface area contributed by atoms with Crippen LogP contribution in [0.4, 0.5) is 4.39 Å². The van der Waals surface area contributed by atoms with Gasteiger partial charge in [0.25, 0.3) is 0 Å². The van der Waals surface area contributed by atoms with Gasteiger partial charge in [-0.2, -0.15) is 11.8 Å². The van der Waals surface area contributed by atoms with E-state index in [1.54, 1.807) is 12.1 Å². The molecule has 1 nitrogen and oxygen atoms in total. The minimum atomic E-state index is -0.215. The second-order valence-electron chi connectivity index (χ2n) is 4.83. The first-order valence-corrected chi connectivity index (χ1v) is 8.05. The molecule has 0 unspecified atom stereocenters. The standard InChI is InChI=1S/C14H19ClFNS/c1-18-13-6-4-12(5-7-13)17-9-10-2-3-11(15)8-14(10)16/h2-3,8,12-13,17H,4-7,9H2,1H3. The van der Waals surface area contributed by atoms with Crippen molar-refractivity contribution in [3.05, 3.63) is 34.6 Å². The Hall–Kier alpha value is -0.250. The van der Waals surface area contributed by atoms with Crippen LogP contribution in [0, 0.1) is 5.82 Å². The van der Waals surface area contributed by atoms with Crippen LogP contribution in [-0.2, 0) is 6.54 Å². The maximum Gasteiger partial charge on any atom is 0.129 e. The molecule has 0 bridgehead atoms. The van der Waals surface area contributed by atoms with E-state index in [1.807, 2.05) is 11.8 Å². The van der Waals surface area contributed by atoms with E-state index < -0.39 is 0 Å². The SMILES string of the molecule is CSC1CCC(NCc2ccc(Cl)cc2F)CC1. The highest BCUT2D eigenvalue weighted by molar-refractivity contribution is 7.99. The van der Waals surface area contributed by atoms with Crippen molar-refractivity contribution in [1.82, 2.24) is 5.32 Å². The van der Waals surface area contributed by atoms with E-state index in [0.717, 1.165) is 5.25 Å². The Kier molecular flexibility index (Phi) is 5.34. The van der Waals surface area contributed by atoms with Gasteiger partial charge in [-0.15, -0.1) is 0 Å². The summed E-state index contributed by atoms with van der Waals surface area (Å²) in [6.45, 7) is 0.595. The molecule has 0 aromatic heterocycles. The van der Waals surface area contributed by atoms with E-state index in [4.69, 9.17) is 11.6 Å². The monoisotopic (exact) mass is 287 g/mol. The minimum absolute atomic E-state index is 0.215. The van der Waals surface area contributed by atoms with E-state index >= 15 is 0 Å². The molecular weight excluding hydrogens is 269 g/mol. The molecule has 0 radical (unpaired) electrons. The van der Waals surface area contributed by atoms with E-state index in [2.05, 4.69) is 11.6 Å². The highest BCUT2D eigenvalue weighted by Gasteiger charge is 2.20. The average Bonchev–Trinajstić information content (AvgIpc) is 2.38. The lowest BCUT2D eigenvalue weighted by Gasteiger charge is -2.28. The summed E-state index contributed by atoms with van der Waals surface area (Å²) < 4.78 is 13.6. The number of halogens is 2. The summed E-state index contributed by atoms with van der Waals surface area (Å²) in [7, 11) is 0. The fourth-order valence-electron chi connectivity index (χ4n) is 2.42. The number of benzene rings is 1. The van der Waals surface area contributed by atoms with E-state index in [9.17, 15) is 4.39 Å². The number of thioether (sulfide) groups is 1. The van der Waals surface area contributed by atoms with Crippen molar-refractivity contribution in [2.24, 2.45) is 0 Å². The number of hydrogen-bond acceptors (Lipinski definition) is 2. The van der Waals surface area contributed by atoms with Crippen LogP contribution in [0.5, 0.6) is 0 Å². The average molecular weight is 288 g/mol. The quantitative estimate of drug-likeness (QED) is 0.889. The molecule has 4 heteroatoms. The molecule has 100 valence electrons. The summed E-state index contributed by atoms with van der Waals surface area (Å²) in [5.74, 6) is -0.215. The molecule has 1 fully saturated rings. The summed E-state index contributed by atoms with van der Waals surface area (Å²) in [6, 6.07) is 5.41. The van der Waals surface area contributed by atoms with Crippen molar-refractivity contribution < 1.29 is 4.39 Å². The molecule has 1 saturated carbocycles. The maximum atomic E-state index is 13.6. The summed E-state index contributed by atoms with van der Waals surface area (Å²) in [4.78, 5) is 0. The summed E-state index contributed by atoms with van der Waals surface area (Å²) in [5.41, 5.74) is 0.700. The summed E-state index contributed by atoms with van der Waals surface area (Å²) in [5, 5.41) is 4.72. The fourth-order valence-corrected chi connectivity index (χ4v) is 3.32. The van der Waals surface area contributed by atoms with E-state index in [0.29, 0.717) is 23.2 Å². The lowest BCUT2D eigenvalue weighted by atomic mass is 9.95. The normalized spacial score (nSPS) is 24.2. The smallest absolute Gasteiger partial charge is 0.129 e. The molecule has 0 atom stereocenters. The first-order valence-electron chi connectivity index (χ1n) is 6.39. The zero-order valence-corrected chi connectivity index (χ0v) is 12.2. The van der Waals surface area contributed by atoms with Crippen LogP contribution in [0.1, 0.15) is 31.2 Å². The second-order valence-corrected chi connectivity index (χ2v) is 6.40. The molecule has 1 aromatic rings. The summed E-state index contributed by atoms with van der Waals surface area (Å²) >= 11 is 7.70. The zero-order valence-electron chi connectivity index (χ0n) is 10.6. The van der Waals surface area contributed by atoms with Crippen molar-refractivity contribution in [3.63, 3.8) is 0 Å². The lowest BCUT2D eigenvalue weighted by molar-refractivity contribution is 0.376. The van der Waals surface area contributed by atoms with Gasteiger partial charge >= 0.3 is 0 Å². The van der Waals surface area contributed by atoms with Crippen LogP contribution in [-0.4, -0.2) is 17.5 Å². The minimum Gasteiger partial charge on any atom is -0.310 e. The Morgan fingerprint density at radius 2 is 2.06 bits per heavy atom. The Bertz CT molecular complexity index is 391.